The zero-order valence-electron chi connectivity index (χ0n) is 13.5. The van der Waals surface area contributed by atoms with Crippen LogP contribution in [0.4, 0.5) is 0 Å². The van der Waals surface area contributed by atoms with Crippen molar-refractivity contribution < 1.29 is 8.42 Å². The van der Waals surface area contributed by atoms with Crippen LogP contribution in [0.15, 0.2) is 24.3 Å². The van der Waals surface area contributed by atoms with E-state index in [0.29, 0.717) is 19.0 Å². The Morgan fingerprint density at radius 3 is 2.73 bits per heavy atom. The zero-order valence-corrected chi connectivity index (χ0v) is 14.3. The van der Waals surface area contributed by atoms with Crippen molar-refractivity contribution in [2.24, 2.45) is 5.92 Å². The number of benzene rings is 1. The van der Waals surface area contributed by atoms with Gasteiger partial charge in [0.05, 0.1) is 6.04 Å². The predicted octanol–water partition coefficient (Wildman–Crippen LogP) is 2.97. The molecule has 1 fully saturated rings. The van der Waals surface area contributed by atoms with Crippen LogP contribution in [-0.4, -0.2) is 37.2 Å². The van der Waals surface area contributed by atoms with E-state index in [1.807, 2.05) is 12.1 Å². The molecule has 0 radical (unpaired) electrons. The fourth-order valence-electron chi connectivity index (χ4n) is 3.80. The molecule has 1 aliphatic carbocycles. The van der Waals surface area contributed by atoms with Crippen molar-refractivity contribution in [3.8, 4) is 0 Å². The van der Waals surface area contributed by atoms with Gasteiger partial charge in [-0.2, -0.15) is 17.0 Å². The third-order valence-corrected chi connectivity index (χ3v) is 7.05. The molecule has 3 rings (SSSR count). The molecule has 0 unspecified atom stereocenters. The van der Waals surface area contributed by atoms with E-state index in [0.717, 1.165) is 32.1 Å². The Bertz CT molecular complexity index is 629. The predicted molar refractivity (Wildman–Crippen MR) is 88.8 cm³/mol. The summed E-state index contributed by atoms with van der Waals surface area (Å²) in [6, 6.07) is 8.25. The molecule has 122 valence electrons. The minimum atomic E-state index is -3.37. The molecule has 0 N–H and O–H groups in total. The van der Waals surface area contributed by atoms with E-state index in [1.54, 1.807) is 15.7 Å². The van der Waals surface area contributed by atoms with Gasteiger partial charge in [-0.15, -0.1) is 0 Å². The van der Waals surface area contributed by atoms with Crippen LogP contribution < -0.4 is 0 Å². The molecule has 4 nitrogen and oxygen atoms in total. The molecule has 1 aliphatic heterocycles. The summed E-state index contributed by atoms with van der Waals surface area (Å²) < 4.78 is 29.3. The summed E-state index contributed by atoms with van der Waals surface area (Å²) >= 11 is 0. The highest BCUT2D eigenvalue weighted by Crippen LogP contribution is 2.36. The second kappa shape index (κ2) is 6.30. The number of piperidine rings is 1. The lowest BCUT2D eigenvalue weighted by Gasteiger charge is -2.38. The number of hydrogen-bond donors (Lipinski definition) is 0. The van der Waals surface area contributed by atoms with Crippen molar-refractivity contribution in [2.45, 2.75) is 45.1 Å². The Kier molecular flexibility index (Phi) is 4.57. The van der Waals surface area contributed by atoms with Gasteiger partial charge in [-0.05, 0) is 49.1 Å². The highest BCUT2D eigenvalue weighted by atomic mass is 32.2. The van der Waals surface area contributed by atoms with Crippen molar-refractivity contribution in [1.82, 2.24) is 8.61 Å². The monoisotopic (exact) mass is 322 g/mol. The number of aryl methyl sites for hydroxylation is 1. The molecule has 2 aliphatic rings. The second-order valence-corrected chi connectivity index (χ2v) is 8.72. The molecule has 1 aromatic rings. The Hall–Kier alpha value is -0.910. The molecule has 0 spiro atoms. The quantitative estimate of drug-likeness (QED) is 0.858. The largest absolute Gasteiger partial charge is 0.282 e. The topological polar surface area (TPSA) is 40.6 Å². The van der Waals surface area contributed by atoms with E-state index in [-0.39, 0.29) is 6.04 Å². The van der Waals surface area contributed by atoms with Crippen LogP contribution in [-0.2, 0) is 16.6 Å². The van der Waals surface area contributed by atoms with E-state index < -0.39 is 10.2 Å². The van der Waals surface area contributed by atoms with Crippen LogP contribution in [0.3, 0.4) is 0 Å². The van der Waals surface area contributed by atoms with Crippen molar-refractivity contribution in [3.63, 3.8) is 0 Å². The maximum absolute atomic E-state index is 13.0. The summed E-state index contributed by atoms with van der Waals surface area (Å²) in [5, 5.41) is 0. The average Bonchev–Trinajstić information content (AvgIpc) is 2.53. The fourth-order valence-corrected chi connectivity index (χ4v) is 5.51. The molecule has 1 heterocycles. The van der Waals surface area contributed by atoms with Crippen molar-refractivity contribution in [2.75, 3.05) is 20.1 Å². The normalized spacial score (nSPS) is 26.9. The van der Waals surface area contributed by atoms with Gasteiger partial charge in [0, 0.05) is 20.1 Å². The van der Waals surface area contributed by atoms with Gasteiger partial charge in [0.2, 0.25) is 0 Å². The minimum absolute atomic E-state index is 0.0211. The van der Waals surface area contributed by atoms with E-state index in [9.17, 15) is 8.42 Å². The van der Waals surface area contributed by atoms with Gasteiger partial charge in [-0.25, -0.2) is 0 Å². The van der Waals surface area contributed by atoms with E-state index in [4.69, 9.17) is 0 Å². The highest BCUT2D eigenvalue weighted by Gasteiger charge is 2.36. The first-order valence-electron chi connectivity index (χ1n) is 8.31. The van der Waals surface area contributed by atoms with Crippen LogP contribution in [0, 0.1) is 5.92 Å². The number of fused-ring (bicyclic) bond motifs is 1. The Balaban J connectivity index is 1.86. The maximum atomic E-state index is 13.0. The first kappa shape index (κ1) is 16.0. The van der Waals surface area contributed by atoms with Gasteiger partial charge >= 0.3 is 0 Å². The number of rotatable bonds is 3. The molecule has 0 saturated carbocycles. The molecular formula is C17H26N2O2S. The smallest absolute Gasteiger partial charge is 0.195 e. The summed E-state index contributed by atoms with van der Waals surface area (Å²) in [5.74, 6) is 0.454. The molecule has 0 aromatic heterocycles. The summed E-state index contributed by atoms with van der Waals surface area (Å²) in [7, 11) is -1.62. The van der Waals surface area contributed by atoms with Crippen molar-refractivity contribution in [3.05, 3.63) is 35.4 Å². The minimum Gasteiger partial charge on any atom is -0.195 e. The number of hydrogen-bond acceptors (Lipinski definition) is 2. The summed E-state index contributed by atoms with van der Waals surface area (Å²) in [5.41, 5.74) is 2.48. The summed E-state index contributed by atoms with van der Waals surface area (Å²) in [6.07, 6.45) is 5.12. The second-order valence-electron chi connectivity index (χ2n) is 6.74. The molecule has 1 saturated heterocycles. The van der Waals surface area contributed by atoms with Crippen molar-refractivity contribution >= 4 is 10.2 Å². The van der Waals surface area contributed by atoms with Gasteiger partial charge < -0.3 is 0 Å². The van der Waals surface area contributed by atoms with E-state index >= 15 is 0 Å². The van der Waals surface area contributed by atoms with Crippen LogP contribution in [0.25, 0.3) is 0 Å². The number of nitrogens with zero attached hydrogens (tertiary/aromatic N) is 2. The van der Waals surface area contributed by atoms with Gasteiger partial charge in [-0.1, -0.05) is 31.2 Å². The van der Waals surface area contributed by atoms with Crippen LogP contribution >= 0.6 is 0 Å². The Labute approximate surface area is 134 Å². The van der Waals surface area contributed by atoms with Crippen LogP contribution in [0.2, 0.25) is 0 Å². The first-order valence-corrected chi connectivity index (χ1v) is 9.70. The van der Waals surface area contributed by atoms with Gasteiger partial charge in [0.1, 0.15) is 0 Å². The van der Waals surface area contributed by atoms with Gasteiger partial charge in [-0.3, -0.25) is 0 Å². The maximum Gasteiger partial charge on any atom is 0.282 e. The average molecular weight is 322 g/mol. The summed E-state index contributed by atoms with van der Waals surface area (Å²) in [4.78, 5) is 0. The zero-order chi connectivity index (χ0) is 15.7. The molecule has 1 aromatic carbocycles. The molecule has 2 atom stereocenters. The van der Waals surface area contributed by atoms with Crippen LogP contribution in [0.1, 0.15) is 49.8 Å². The van der Waals surface area contributed by atoms with Gasteiger partial charge in [0.25, 0.3) is 10.2 Å². The van der Waals surface area contributed by atoms with Crippen molar-refractivity contribution in [1.29, 1.82) is 0 Å². The standard InChI is InChI=1S/C17H26N2O2S/c1-14-7-6-12-19(13-14)22(20,21)18(2)17-11-5-9-15-8-3-4-10-16(15)17/h3-4,8,10,14,17H,5-7,9,11-13H2,1-2H3/t14-,17-/m0/s1. The Morgan fingerprint density at radius 2 is 1.95 bits per heavy atom. The molecule has 22 heavy (non-hydrogen) atoms. The van der Waals surface area contributed by atoms with E-state index in [2.05, 4.69) is 19.1 Å². The molecule has 0 bridgehead atoms. The van der Waals surface area contributed by atoms with E-state index in [1.165, 1.54) is 11.1 Å². The lowest BCUT2D eigenvalue weighted by Crippen LogP contribution is -2.47. The van der Waals surface area contributed by atoms with Gasteiger partial charge in [0.15, 0.2) is 0 Å². The molecule has 0 amide bonds. The third kappa shape index (κ3) is 2.94. The molecular weight excluding hydrogens is 296 g/mol. The lowest BCUT2D eigenvalue weighted by atomic mass is 9.88. The summed E-state index contributed by atoms with van der Waals surface area (Å²) in [6.45, 7) is 3.45. The first-order chi connectivity index (χ1) is 10.5. The lowest BCUT2D eigenvalue weighted by molar-refractivity contribution is 0.245. The van der Waals surface area contributed by atoms with Crippen LogP contribution in [0.5, 0.6) is 0 Å². The SMILES string of the molecule is C[C@H]1CCCN(S(=O)(=O)N(C)[C@H]2CCCc3ccccc32)C1. The Morgan fingerprint density at radius 1 is 1.18 bits per heavy atom. The fraction of sp³-hybridized carbons (Fsp3) is 0.647. The molecule has 5 heteroatoms. The highest BCUT2D eigenvalue weighted by molar-refractivity contribution is 7.86. The third-order valence-electron chi connectivity index (χ3n) is 5.09.